The van der Waals surface area contributed by atoms with E-state index in [1.807, 2.05) is 19.2 Å². The van der Waals surface area contributed by atoms with E-state index >= 15 is 0 Å². The van der Waals surface area contributed by atoms with Crippen LogP contribution in [0.5, 0.6) is 0 Å². The van der Waals surface area contributed by atoms with Gasteiger partial charge in [0.1, 0.15) is 11.8 Å². The van der Waals surface area contributed by atoms with Crippen LogP contribution in [0, 0.1) is 0 Å². The maximum atomic E-state index is 12.2. The normalized spacial score (nSPS) is 12.3. The Kier molecular flexibility index (Phi) is 4.18. The lowest BCUT2D eigenvalue weighted by Crippen LogP contribution is -2.41. The smallest absolute Gasteiger partial charge is 0.239 e. The van der Waals surface area contributed by atoms with Gasteiger partial charge in [0.25, 0.3) is 0 Å². The number of hydrogen-bond donors (Lipinski definition) is 2. The molecule has 3 rings (SSSR count). The van der Waals surface area contributed by atoms with Crippen LogP contribution in [0.1, 0.15) is 6.92 Å². The van der Waals surface area contributed by atoms with Crippen molar-refractivity contribution < 1.29 is 4.79 Å². The molecule has 9 heteroatoms. The predicted octanol–water partition coefficient (Wildman–Crippen LogP) is 0.191. The second-order valence-corrected chi connectivity index (χ2v) is 5.35. The summed E-state index contributed by atoms with van der Waals surface area (Å²) in [5.74, 6) is 0.556. The number of nitrogens with zero attached hydrogens (tertiary/aromatic N) is 6. The molecule has 0 saturated heterocycles. The lowest BCUT2D eigenvalue weighted by Gasteiger charge is -2.20. The number of hydrogen-bond acceptors (Lipinski definition) is 6. The molecule has 9 nitrogen and oxygen atoms in total. The first-order valence-electron chi connectivity index (χ1n) is 7.25. The Labute approximate surface area is 132 Å². The summed E-state index contributed by atoms with van der Waals surface area (Å²) in [4.78, 5) is 29.3. The molecule has 0 fully saturated rings. The van der Waals surface area contributed by atoms with Crippen LogP contribution in [0.15, 0.2) is 31.1 Å². The minimum absolute atomic E-state index is 0.0200. The van der Waals surface area contributed by atoms with Gasteiger partial charge in [-0.2, -0.15) is 5.10 Å². The van der Waals surface area contributed by atoms with Crippen LogP contribution in [-0.2, 0) is 11.3 Å². The standard InChI is InChI=1S/C14H18N8O/c1-10(6-22-5-3-4-19-22)20-11(23)7-21(2)14-12-13(16-8-15-12)17-9-18-14/h3-5,8-10H,6-7H2,1-2H3,(H,20,23)(H,15,16,17,18)/t10-/m0/s1. The minimum atomic E-state index is -0.0848. The van der Waals surface area contributed by atoms with Crippen molar-refractivity contribution in [2.75, 3.05) is 18.5 Å². The Balaban J connectivity index is 1.60. The van der Waals surface area contributed by atoms with Gasteiger partial charge < -0.3 is 15.2 Å². The van der Waals surface area contributed by atoms with E-state index in [4.69, 9.17) is 0 Å². The number of H-pyrrole nitrogens is 1. The Hall–Kier alpha value is -2.97. The average molecular weight is 314 g/mol. The minimum Gasteiger partial charge on any atom is -0.350 e. The molecule has 1 atom stereocenters. The maximum absolute atomic E-state index is 12.2. The van der Waals surface area contributed by atoms with Gasteiger partial charge in [0, 0.05) is 25.5 Å². The highest BCUT2D eigenvalue weighted by atomic mass is 16.2. The van der Waals surface area contributed by atoms with Crippen molar-refractivity contribution in [2.24, 2.45) is 0 Å². The number of rotatable bonds is 6. The topological polar surface area (TPSA) is 105 Å². The number of nitrogens with one attached hydrogen (secondary N) is 2. The lowest BCUT2D eigenvalue weighted by molar-refractivity contribution is -0.120. The van der Waals surface area contributed by atoms with Crippen molar-refractivity contribution in [3.05, 3.63) is 31.1 Å². The number of imidazole rings is 1. The molecule has 0 radical (unpaired) electrons. The third kappa shape index (κ3) is 3.44. The van der Waals surface area contributed by atoms with Crippen LogP contribution in [0.2, 0.25) is 0 Å². The number of fused-ring (bicyclic) bond motifs is 1. The van der Waals surface area contributed by atoms with Crippen LogP contribution in [-0.4, -0.2) is 55.3 Å². The summed E-state index contributed by atoms with van der Waals surface area (Å²) < 4.78 is 1.78. The molecule has 0 aliphatic heterocycles. The van der Waals surface area contributed by atoms with Gasteiger partial charge in [-0.25, -0.2) is 15.0 Å². The molecule has 3 aromatic rings. The summed E-state index contributed by atoms with van der Waals surface area (Å²) >= 11 is 0. The number of aromatic nitrogens is 6. The maximum Gasteiger partial charge on any atom is 0.239 e. The van der Waals surface area contributed by atoms with E-state index in [1.54, 1.807) is 29.2 Å². The molecule has 0 aliphatic rings. The molecule has 0 saturated carbocycles. The Morgan fingerprint density at radius 1 is 1.43 bits per heavy atom. The number of aromatic amines is 1. The summed E-state index contributed by atoms with van der Waals surface area (Å²) in [5, 5.41) is 7.08. The molecule has 0 unspecified atom stereocenters. The van der Waals surface area contributed by atoms with E-state index in [1.165, 1.54) is 6.33 Å². The van der Waals surface area contributed by atoms with Crippen molar-refractivity contribution in [3.63, 3.8) is 0 Å². The number of carbonyl (C=O) groups is 1. The summed E-state index contributed by atoms with van der Waals surface area (Å²) in [6.45, 7) is 2.76. The summed E-state index contributed by atoms with van der Waals surface area (Å²) in [6, 6.07) is 1.83. The molecular formula is C14H18N8O. The zero-order valence-electron chi connectivity index (χ0n) is 13.0. The monoisotopic (exact) mass is 314 g/mol. The van der Waals surface area contributed by atoms with Gasteiger partial charge in [0.2, 0.25) is 5.91 Å². The fourth-order valence-corrected chi connectivity index (χ4v) is 2.39. The molecule has 23 heavy (non-hydrogen) atoms. The first-order chi connectivity index (χ1) is 11.1. The molecule has 1 amide bonds. The molecule has 0 bridgehead atoms. The van der Waals surface area contributed by atoms with Gasteiger partial charge in [0.05, 0.1) is 19.4 Å². The first kappa shape index (κ1) is 14.9. The van der Waals surface area contributed by atoms with Crippen LogP contribution >= 0.6 is 0 Å². The second kappa shape index (κ2) is 6.42. The molecule has 0 spiro atoms. The van der Waals surface area contributed by atoms with E-state index in [9.17, 15) is 4.79 Å². The van der Waals surface area contributed by atoms with Crippen molar-refractivity contribution >= 4 is 22.9 Å². The largest absolute Gasteiger partial charge is 0.350 e. The van der Waals surface area contributed by atoms with E-state index in [2.05, 4.69) is 30.4 Å². The zero-order valence-corrected chi connectivity index (χ0v) is 13.0. The van der Waals surface area contributed by atoms with Gasteiger partial charge in [-0.15, -0.1) is 0 Å². The molecule has 120 valence electrons. The molecule has 3 aromatic heterocycles. The van der Waals surface area contributed by atoms with Crippen molar-refractivity contribution in [1.29, 1.82) is 0 Å². The lowest BCUT2D eigenvalue weighted by atomic mass is 10.3. The first-order valence-corrected chi connectivity index (χ1v) is 7.25. The SMILES string of the molecule is C[C@@H](Cn1cccn1)NC(=O)CN(C)c1ncnc2nc[nH]c12. The van der Waals surface area contributed by atoms with Crippen molar-refractivity contribution in [3.8, 4) is 0 Å². The van der Waals surface area contributed by atoms with Crippen molar-refractivity contribution in [1.82, 2.24) is 35.0 Å². The average Bonchev–Trinajstić information content (AvgIpc) is 3.16. The zero-order chi connectivity index (χ0) is 16.2. The fourth-order valence-electron chi connectivity index (χ4n) is 2.39. The fraction of sp³-hybridized carbons (Fsp3) is 0.357. The number of likely N-dealkylation sites (N-methyl/N-ethyl adjacent to an activating group) is 1. The van der Waals surface area contributed by atoms with Gasteiger partial charge in [-0.05, 0) is 13.0 Å². The highest BCUT2D eigenvalue weighted by Gasteiger charge is 2.15. The van der Waals surface area contributed by atoms with Crippen molar-refractivity contribution in [2.45, 2.75) is 19.5 Å². The molecule has 0 aliphatic carbocycles. The molecular weight excluding hydrogens is 296 g/mol. The quantitative estimate of drug-likeness (QED) is 0.673. The van der Waals surface area contributed by atoms with Crippen LogP contribution in [0.25, 0.3) is 11.2 Å². The molecule has 0 aromatic carbocycles. The summed E-state index contributed by atoms with van der Waals surface area (Å²) in [5.41, 5.74) is 1.29. The summed E-state index contributed by atoms with van der Waals surface area (Å²) in [7, 11) is 1.81. The van der Waals surface area contributed by atoms with Crippen LogP contribution in [0.4, 0.5) is 5.82 Å². The summed E-state index contributed by atoms with van der Waals surface area (Å²) in [6.07, 6.45) is 6.58. The Morgan fingerprint density at radius 2 is 2.30 bits per heavy atom. The van der Waals surface area contributed by atoms with E-state index in [-0.39, 0.29) is 18.5 Å². The van der Waals surface area contributed by atoms with Gasteiger partial charge >= 0.3 is 0 Å². The van der Waals surface area contributed by atoms with E-state index < -0.39 is 0 Å². The highest BCUT2D eigenvalue weighted by molar-refractivity contribution is 5.87. The van der Waals surface area contributed by atoms with Gasteiger partial charge in [-0.1, -0.05) is 0 Å². The van der Waals surface area contributed by atoms with Crippen LogP contribution < -0.4 is 10.2 Å². The third-order valence-corrected chi connectivity index (χ3v) is 3.37. The Morgan fingerprint density at radius 3 is 3.09 bits per heavy atom. The van der Waals surface area contributed by atoms with Crippen LogP contribution in [0.3, 0.4) is 0 Å². The van der Waals surface area contributed by atoms with Gasteiger partial charge in [0.15, 0.2) is 11.5 Å². The second-order valence-electron chi connectivity index (χ2n) is 5.35. The number of amides is 1. The van der Waals surface area contributed by atoms with E-state index in [0.29, 0.717) is 23.5 Å². The highest BCUT2D eigenvalue weighted by Crippen LogP contribution is 2.17. The third-order valence-electron chi connectivity index (χ3n) is 3.37. The Bertz CT molecular complexity index is 781. The van der Waals surface area contributed by atoms with Gasteiger partial charge in [-0.3, -0.25) is 9.48 Å². The molecule has 3 heterocycles. The predicted molar refractivity (Wildman–Crippen MR) is 84.8 cm³/mol. The molecule has 2 N–H and O–H groups in total. The van der Waals surface area contributed by atoms with E-state index in [0.717, 1.165) is 0 Å². The number of anilines is 1. The number of carbonyl (C=O) groups excluding carboxylic acids is 1.